The van der Waals surface area contributed by atoms with Crippen LogP contribution in [0.15, 0.2) is 94.6 Å². The van der Waals surface area contributed by atoms with Crippen LogP contribution in [0.25, 0.3) is 11.1 Å². The number of sulfonamides is 1. The van der Waals surface area contributed by atoms with E-state index in [0.717, 1.165) is 26.6 Å². The molecule has 10 nitrogen and oxygen atoms in total. The minimum Gasteiger partial charge on any atom is -0.457 e. The van der Waals surface area contributed by atoms with Crippen LogP contribution in [0, 0.1) is 0 Å². The Morgan fingerprint density at radius 1 is 0.935 bits per heavy atom. The first kappa shape index (κ1) is 29.8. The summed E-state index contributed by atoms with van der Waals surface area (Å²) in [7, 11) is -4.24. The Bertz CT molecular complexity index is 2070. The molecule has 0 fully saturated rings. The third-order valence-corrected chi connectivity index (χ3v) is 11.0. The van der Waals surface area contributed by atoms with Crippen LogP contribution in [-0.2, 0) is 60.8 Å². The van der Waals surface area contributed by atoms with E-state index in [2.05, 4.69) is 0 Å². The van der Waals surface area contributed by atoms with Gasteiger partial charge in [-0.1, -0.05) is 73.7 Å². The first-order valence-electron chi connectivity index (χ1n) is 15.1. The molecular formula is C35H30N2O8S. The second kappa shape index (κ2) is 11.2. The van der Waals surface area contributed by atoms with Gasteiger partial charge in [0.25, 0.3) is 5.56 Å². The van der Waals surface area contributed by atoms with E-state index >= 15 is 0 Å². The summed E-state index contributed by atoms with van der Waals surface area (Å²) in [5.41, 5.74) is 1.14. The number of ether oxygens (including phenoxy) is 2. The average molecular weight is 639 g/mol. The van der Waals surface area contributed by atoms with E-state index < -0.39 is 39.2 Å². The van der Waals surface area contributed by atoms with Crippen LogP contribution in [0.1, 0.15) is 52.5 Å². The number of Topliss-reactive ketones (excluding diaryl/α,β-unsaturated/α-hetero) is 1. The van der Waals surface area contributed by atoms with Crippen LogP contribution in [0.4, 0.5) is 0 Å². The number of carbonyl (C=O) groups excluding carboxylic acids is 3. The first-order valence-corrected chi connectivity index (χ1v) is 16.5. The Kier molecular flexibility index (Phi) is 7.25. The number of rotatable bonds is 6. The molecule has 4 heterocycles. The number of ketones is 1. The fourth-order valence-corrected chi connectivity index (χ4v) is 8.18. The Balaban J connectivity index is 1.28. The number of benzene rings is 3. The molecule has 11 heteroatoms. The molecule has 0 aliphatic carbocycles. The minimum absolute atomic E-state index is 0.000847. The number of hydrogen-bond donors (Lipinski definition) is 0. The molecule has 0 amide bonds. The highest BCUT2D eigenvalue weighted by Gasteiger charge is 2.52. The SMILES string of the molecule is CC[C@@]1(OC(=O)[C@H]2Cc3ccccc3CN2S(=O)(=O)c2ccc(-c3ccccc3)cc2)C(=O)OCc2c1cc1n(c2=O)CCC1=O. The number of pyridine rings is 1. The van der Waals surface area contributed by atoms with Gasteiger partial charge in [0.15, 0.2) is 5.78 Å². The van der Waals surface area contributed by atoms with E-state index in [-0.39, 0.29) is 66.5 Å². The van der Waals surface area contributed by atoms with Gasteiger partial charge in [0.1, 0.15) is 12.6 Å². The number of carbonyl (C=O) groups is 3. The molecule has 0 saturated carbocycles. The monoisotopic (exact) mass is 638 g/mol. The molecule has 7 rings (SSSR count). The molecule has 3 aromatic carbocycles. The van der Waals surface area contributed by atoms with Gasteiger partial charge < -0.3 is 14.0 Å². The summed E-state index contributed by atoms with van der Waals surface area (Å²) in [5.74, 6) is -2.10. The van der Waals surface area contributed by atoms with Gasteiger partial charge in [0, 0.05) is 31.5 Å². The number of cyclic esters (lactones) is 1. The summed E-state index contributed by atoms with van der Waals surface area (Å²) in [5, 5.41) is 0. The standard InChI is InChI=1S/C35H30N2O8S/c1-2-35(28-19-29-31(38)16-17-36(29)32(39)27(28)21-44-34(35)41)45-33(40)30-18-24-10-6-7-11-25(24)20-37(30)46(42,43)26-14-12-23(13-15-26)22-8-4-3-5-9-22/h3-15,19,30H,2,16-18,20-21H2,1H3/t30-,35+/m1/s1. The van der Waals surface area contributed by atoms with Gasteiger partial charge in [0.2, 0.25) is 15.6 Å². The third kappa shape index (κ3) is 4.69. The topological polar surface area (TPSA) is 129 Å². The molecule has 0 bridgehead atoms. The van der Waals surface area contributed by atoms with Crippen LogP contribution in [0.5, 0.6) is 0 Å². The maximum atomic E-state index is 14.2. The highest BCUT2D eigenvalue weighted by atomic mass is 32.2. The molecule has 1 aromatic heterocycles. The lowest BCUT2D eigenvalue weighted by Crippen LogP contribution is -2.54. The van der Waals surface area contributed by atoms with Crippen molar-refractivity contribution < 1.29 is 32.3 Å². The maximum absolute atomic E-state index is 14.2. The Morgan fingerprint density at radius 3 is 2.33 bits per heavy atom. The summed E-state index contributed by atoms with van der Waals surface area (Å²) in [6.07, 6.45) is 0.0501. The van der Waals surface area contributed by atoms with Gasteiger partial charge in [-0.25, -0.2) is 13.2 Å². The largest absolute Gasteiger partial charge is 0.457 e. The smallest absolute Gasteiger partial charge is 0.355 e. The predicted octanol–water partition coefficient (Wildman–Crippen LogP) is 4.12. The number of hydrogen-bond acceptors (Lipinski definition) is 8. The summed E-state index contributed by atoms with van der Waals surface area (Å²) < 4.78 is 42.3. The number of fused-ring (bicyclic) bond motifs is 3. The molecule has 46 heavy (non-hydrogen) atoms. The third-order valence-electron chi connectivity index (χ3n) is 9.18. The molecule has 0 radical (unpaired) electrons. The van der Waals surface area contributed by atoms with Crippen molar-refractivity contribution in [3.8, 4) is 11.1 Å². The summed E-state index contributed by atoms with van der Waals surface area (Å²) >= 11 is 0. The molecule has 2 atom stereocenters. The summed E-state index contributed by atoms with van der Waals surface area (Å²) in [6, 6.07) is 23.3. The molecule has 4 aromatic rings. The Hall–Kier alpha value is -4.87. The maximum Gasteiger partial charge on any atom is 0.355 e. The predicted molar refractivity (Wildman–Crippen MR) is 166 cm³/mol. The zero-order valence-corrected chi connectivity index (χ0v) is 25.8. The number of nitrogens with zero attached hydrogens (tertiary/aromatic N) is 2. The fraction of sp³-hybridized carbons (Fsp3) is 0.257. The number of aromatic nitrogens is 1. The minimum atomic E-state index is -4.24. The van der Waals surface area contributed by atoms with Crippen molar-refractivity contribution in [3.63, 3.8) is 0 Å². The number of esters is 2. The fourth-order valence-electron chi connectivity index (χ4n) is 6.63. The van der Waals surface area contributed by atoms with Crippen LogP contribution in [0.2, 0.25) is 0 Å². The van der Waals surface area contributed by atoms with Crippen molar-refractivity contribution >= 4 is 27.7 Å². The molecule has 3 aliphatic rings. The molecule has 3 aliphatic heterocycles. The molecular weight excluding hydrogens is 608 g/mol. The highest BCUT2D eigenvalue weighted by molar-refractivity contribution is 7.89. The van der Waals surface area contributed by atoms with E-state index in [4.69, 9.17) is 9.47 Å². The van der Waals surface area contributed by atoms with E-state index in [1.807, 2.05) is 42.5 Å². The Labute approximate surface area is 265 Å². The molecule has 234 valence electrons. The highest BCUT2D eigenvalue weighted by Crippen LogP contribution is 2.40. The van der Waals surface area contributed by atoms with Gasteiger partial charge in [-0.15, -0.1) is 0 Å². The lowest BCUT2D eigenvalue weighted by atomic mass is 9.85. The molecule has 0 unspecified atom stereocenters. The van der Waals surface area contributed by atoms with Gasteiger partial charge in [-0.2, -0.15) is 4.31 Å². The first-order chi connectivity index (χ1) is 22.1. The van der Waals surface area contributed by atoms with Crippen molar-refractivity contribution in [2.24, 2.45) is 0 Å². The lowest BCUT2D eigenvalue weighted by molar-refractivity contribution is -0.192. The summed E-state index contributed by atoms with van der Waals surface area (Å²) in [4.78, 5) is 53.6. The van der Waals surface area contributed by atoms with Crippen molar-refractivity contribution in [1.82, 2.24) is 8.87 Å². The lowest BCUT2D eigenvalue weighted by Gasteiger charge is -2.39. The zero-order chi connectivity index (χ0) is 32.2. The second-order valence-corrected chi connectivity index (χ2v) is 13.5. The Morgan fingerprint density at radius 2 is 1.61 bits per heavy atom. The normalized spacial score (nSPS) is 20.8. The van der Waals surface area contributed by atoms with Crippen LogP contribution in [-0.4, -0.2) is 41.1 Å². The molecule has 0 saturated heterocycles. The summed E-state index contributed by atoms with van der Waals surface area (Å²) in [6.45, 7) is 1.41. The quantitative estimate of drug-likeness (QED) is 0.289. The van der Waals surface area contributed by atoms with Crippen LogP contribution < -0.4 is 5.56 Å². The second-order valence-electron chi connectivity index (χ2n) is 11.7. The van der Waals surface area contributed by atoms with E-state index in [9.17, 15) is 27.6 Å². The van der Waals surface area contributed by atoms with Gasteiger partial charge in [-0.3, -0.25) is 14.4 Å². The van der Waals surface area contributed by atoms with Crippen LogP contribution in [0.3, 0.4) is 0 Å². The van der Waals surface area contributed by atoms with E-state index in [1.165, 1.54) is 22.8 Å². The van der Waals surface area contributed by atoms with E-state index in [1.54, 1.807) is 31.2 Å². The molecule has 0 N–H and O–H groups in total. The van der Waals surface area contributed by atoms with E-state index in [0.29, 0.717) is 0 Å². The van der Waals surface area contributed by atoms with Gasteiger partial charge in [-0.05, 0) is 46.9 Å². The van der Waals surface area contributed by atoms with Gasteiger partial charge in [0.05, 0.1) is 16.2 Å². The van der Waals surface area contributed by atoms with Crippen molar-refractivity contribution in [2.45, 2.75) is 62.4 Å². The van der Waals surface area contributed by atoms with Gasteiger partial charge >= 0.3 is 11.9 Å². The van der Waals surface area contributed by atoms with Crippen molar-refractivity contribution in [2.75, 3.05) is 0 Å². The van der Waals surface area contributed by atoms with Crippen molar-refractivity contribution in [1.29, 1.82) is 0 Å². The average Bonchev–Trinajstić information content (AvgIpc) is 3.46. The zero-order valence-electron chi connectivity index (χ0n) is 25.0. The van der Waals surface area contributed by atoms with Crippen molar-refractivity contribution in [3.05, 3.63) is 123 Å². The van der Waals surface area contributed by atoms with Crippen LogP contribution >= 0.6 is 0 Å². The molecule has 0 spiro atoms.